The number of carbonyl (C=O) groups is 1. The maximum absolute atomic E-state index is 11.7. The Morgan fingerprint density at radius 1 is 1.11 bits per heavy atom. The van der Waals surface area contributed by atoms with Crippen molar-refractivity contribution in [2.24, 2.45) is 0 Å². The molecule has 8 heteroatoms. The van der Waals surface area contributed by atoms with Crippen LogP contribution in [0.25, 0.3) is 0 Å². The van der Waals surface area contributed by atoms with Gasteiger partial charge in [0.1, 0.15) is 5.75 Å². The molecule has 3 rings (SSSR count). The fourth-order valence-electron chi connectivity index (χ4n) is 2.51. The van der Waals surface area contributed by atoms with Crippen molar-refractivity contribution < 1.29 is 14.3 Å². The summed E-state index contributed by atoms with van der Waals surface area (Å²) in [5.74, 6) is 1.37. The van der Waals surface area contributed by atoms with Crippen LogP contribution in [0, 0.1) is 0 Å². The summed E-state index contributed by atoms with van der Waals surface area (Å²) in [7, 11) is 1.64. The summed E-state index contributed by atoms with van der Waals surface area (Å²) in [5.41, 5.74) is 2.23. The van der Waals surface area contributed by atoms with Crippen LogP contribution in [0.4, 0.5) is 17.5 Å². The Kier molecular flexibility index (Phi) is 6.35. The maximum Gasteiger partial charge on any atom is 0.338 e. The minimum atomic E-state index is -0.352. The van der Waals surface area contributed by atoms with Crippen LogP contribution < -0.4 is 15.4 Å². The lowest BCUT2D eigenvalue weighted by Gasteiger charge is -2.10. The molecule has 2 N–H and O–H groups in total. The van der Waals surface area contributed by atoms with Crippen molar-refractivity contribution in [3.63, 3.8) is 0 Å². The van der Waals surface area contributed by atoms with Crippen LogP contribution in [0.3, 0.4) is 0 Å². The number of hydrogen-bond acceptors (Lipinski definition) is 8. The van der Waals surface area contributed by atoms with Gasteiger partial charge in [0, 0.05) is 17.8 Å². The molecular weight excluding hydrogens is 358 g/mol. The molecular formula is C20H21N5O3. The van der Waals surface area contributed by atoms with Crippen LogP contribution in [-0.4, -0.2) is 34.9 Å². The lowest BCUT2D eigenvalue weighted by Crippen LogP contribution is -2.07. The van der Waals surface area contributed by atoms with E-state index in [1.54, 1.807) is 44.5 Å². The van der Waals surface area contributed by atoms with Gasteiger partial charge in [0.25, 0.3) is 0 Å². The molecule has 0 saturated carbocycles. The molecule has 0 spiro atoms. The van der Waals surface area contributed by atoms with Gasteiger partial charge in [-0.2, -0.15) is 10.1 Å². The first-order valence-corrected chi connectivity index (χ1v) is 8.79. The third-order valence-corrected chi connectivity index (χ3v) is 3.86. The lowest BCUT2D eigenvalue weighted by atomic mass is 10.2. The minimum Gasteiger partial charge on any atom is -0.496 e. The van der Waals surface area contributed by atoms with Gasteiger partial charge in [0.2, 0.25) is 5.95 Å². The van der Waals surface area contributed by atoms with Crippen molar-refractivity contribution in [1.29, 1.82) is 0 Å². The van der Waals surface area contributed by atoms with Gasteiger partial charge in [-0.05, 0) is 37.3 Å². The Morgan fingerprint density at radius 3 is 2.64 bits per heavy atom. The molecule has 2 aromatic carbocycles. The topological polar surface area (TPSA) is 98.3 Å². The van der Waals surface area contributed by atoms with Gasteiger partial charge in [-0.15, -0.1) is 5.10 Å². The second-order valence-electron chi connectivity index (χ2n) is 5.75. The van der Waals surface area contributed by atoms with Gasteiger partial charge >= 0.3 is 5.97 Å². The first-order valence-electron chi connectivity index (χ1n) is 8.79. The molecule has 1 aromatic heterocycles. The fourth-order valence-corrected chi connectivity index (χ4v) is 2.51. The number of aromatic nitrogens is 3. The molecule has 8 nitrogen and oxygen atoms in total. The van der Waals surface area contributed by atoms with Crippen LogP contribution in [-0.2, 0) is 11.3 Å². The number of ether oxygens (including phenoxy) is 2. The van der Waals surface area contributed by atoms with Gasteiger partial charge in [-0.1, -0.05) is 18.2 Å². The highest BCUT2D eigenvalue weighted by Gasteiger charge is 2.07. The number of esters is 1. The molecule has 28 heavy (non-hydrogen) atoms. The van der Waals surface area contributed by atoms with Crippen molar-refractivity contribution in [2.45, 2.75) is 13.5 Å². The predicted octanol–water partition coefficient (Wildman–Crippen LogP) is 3.41. The molecule has 0 radical (unpaired) electrons. The molecule has 0 aliphatic rings. The van der Waals surface area contributed by atoms with E-state index in [2.05, 4.69) is 25.8 Å². The average Bonchev–Trinajstić information content (AvgIpc) is 2.73. The Hall–Kier alpha value is -3.68. The third kappa shape index (κ3) is 4.94. The molecule has 0 bridgehead atoms. The highest BCUT2D eigenvalue weighted by Crippen LogP contribution is 2.19. The number of benzene rings is 2. The normalized spacial score (nSPS) is 10.2. The highest BCUT2D eigenvalue weighted by atomic mass is 16.5. The highest BCUT2D eigenvalue weighted by molar-refractivity contribution is 5.89. The first kappa shape index (κ1) is 19.1. The van der Waals surface area contributed by atoms with Crippen molar-refractivity contribution >= 4 is 23.4 Å². The Balaban J connectivity index is 1.64. The van der Waals surface area contributed by atoms with E-state index in [4.69, 9.17) is 9.47 Å². The van der Waals surface area contributed by atoms with Gasteiger partial charge in [-0.25, -0.2) is 4.79 Å². The molecule has 0 saturated heterocycles. The van der Waals surface area contributed by atoms with E-state index in [9.17, 15) is 4.79 Å². The van der Waals surface area contributed by atoms with Crippen LogP contribution in [0.1, 0.15) is 22.8 Å². The number of nitrogens with one attached hydrogen (secondary N) is 2. The second-order valence-corrected chi connectivity index (χ2v) is 5.75. The number of methoxy groups -OCH3 is 1. The van der Waals surface area contributed by atoms with Gasteiger partial charge in [0.15, 0.2) is 5.82 Å². The molecule has 3 aromatic rings. The summed E-state index contributed by atoms with van der Waals surface area (Å²) >= 11 is 0. The minimum absolute atomic E-state index is 0.340. The summed E-state index contributed by atoms with van der Waals surface area (Å²) in [6.45, 7) is 2.65. The number of rotatable bonds is 8. The quantitative estimate of drug-likeness (QED) is 0.575. The van der Waals surface area contributed by atoms with E-state index in [0.717, 1.165) is 17.0 Å². The SMILES string of the molecule is CCOC(=O)c1ccc(Nc2nncc(NCc3ccccc3OC)n2)cc1. The van der Waals surface area contributed by atoms with Crippen LogP contribution in [0.2, 0.25) is 0 Å². The van der Waals surface area contributed by atoms with Crippen LogP contribution in [0.15, 0.2) is 54.7 Å². The summed E-state index contributed by atoms with van der Waals surface area (Å²) in [5, 5.41) is 14.2. The maximum atomic E-state index is 11.7. The van der Waals surface area contributed by atoms with Gasteiger partial charge < -0.3 is 20.1 Å². The Morgan fingerprint density at radius 2 is 1.89 bits per heavy atom. The molecule has 144 valence electrons. The second kappa shape index (κ2) is 9.31. The molecule has 0 aliphatic heterocycles. The number of anilines is 3. The summed E-state index contributed by atoms with van der Waals surface area (Å²) in [4.78, 5) is 16.1. The van der Waals surface area contributed by atoms with E-state index < -0.39 is 0 Å². The van der Waals surface area contributed by atoms with Crippen molar-refractivity contribution in [3.8, 4) is 5.75 Å². The molecule has 0 fully saturated rings. The van der Waals surface area contributed by atoms with E-state index >= 15 is 0 Å². The average molecular weight is 379 g/mol. The number of carbonyl (C=O) groups excluding carboxylic acids is 1. The summed E-state index contributed by atoms with van der Waals surface area (Å²) < 4.78 is 10.3. The molecule has 0 amide bonds. The van der Waals surface area contributed by atoms with E-state index in [0.29, 0.717) is 30.5 Å². The monoisotopic (exact) mass is 379 g/mol. The number of para-hydroxylation sites is 1. The number of nitrogens with zero attached hydrogens (tertiary/aromatic N) is 3. The van der Waals surface area contributed by atoms with Crippen molar-refractivity contribution in [3.05, 3.63) is 65.9 Å². The molecule has 0 aliphatic carbocycles. The largest absolute Gasteiger partial charge is 0.496 e. The summed E-state index contributed by atoms with van der Waals surface area (Å²) in [6.07, 6.45) is 1.55. The molecule has 1 heterocycles. The smallest absolute Gasteiger partial charge is 0.338 e. The van der Waals surface area contributed by atoms with Crippen LogP contribution in [0.5, 0.6) is 5.75 Å². The van der Waals surface area contributed by atoms with Crippen LogP contribution >= 0.6 is 0 Å². The molecule has 0 unspecified atom stereocenters. The zero-order valence-electron chi connectivity index (χ0n) is 15.7. The van der Waals surface area contributed by atoms with Crippen molar-refractivity contribution in [2.75, 3.05) is 24.4 Å². The zero-order chi connectivity index (χ0) is 19.8. The van der Waals surface area contributed by atoms with Gasteiger partial charge in [0.05, 0.1) is 25.5 Å². The third-order valence-electron chi connectivity index (χ3n) is 3.86. The summed E-state index contributed by atoms with van der Waals surface area (Å²) in [6, 6.07) is 14.6. The van der Waals surface area contributed by atoms with Gasteiger partial charge in [-0.3, -0.25) is 0 Å². The molecule has 0 atom stereocenters. The Labute approximate surface area is 162 Å². The first-order chi connectivity index (χ1) is 13.7. The van der Waals surface area contributed by atoms with Crippen molar-refractivity contribution in [1.82, 2.24) is 15.2 Å². The number of hydrogen-bond donors (Lipinski definition) is 2. The zero-order valence-corrected chi connectivity index (χ0v) is 15.7. The van der Waals surface area contributed by atoms with E-state index in [1.807, 2.05) is 24.3 Å². The lowest BCUT2D eigenvalue weighted by molar-refractivity contribution is 0.0526. The Bertz CT molecular complexity index is 931. The standard InChI is InChI=1S/C20H21N5O3/c1-3-28-19(26)14-8-10-16(11-9-14)23-20-24-18(13-22-25-20)21-12-15-6-4-5-7-17(15)27-2/h4-11,13H,3,12H2,1-2H3,(H2,21,23,24,25). The van der Waals surface area contributed by atoms with E-state index in [-0.39, 0.29) is 5.97 Å². The fraction of sp³-hybridized carbons (Fsp3) is 0.200. The van der Waals surface area contributed by atoms with E-state index in [1.165, 1.54) is 0 Å². The predicted molar refractivity (Wildman–Crippen MR) is 106 cm³/mol.